The zero-order chi connectivity index (χ0) is 22.0. The van der Waals surface area contributed by atoms with Crippen LogP contribution in [0.15, 0.2) is 43.5 Å². The van der Waals surface area contributed by atoms with Gasteiger partial charge in [-0.15, -0.1) is 13.2 Å². The summed E-state index contributed by atoms with van der Waals surface area (Å²) in [6, 6.07) is 5.19. The molecule has 1 fully saturated rings. The van der Waals surface area contributed by atoms with Crippen molar-refractivity contribution in [3.05, 3.63) is 83.2 Å². The molecule has 1 saturated heterocycles. The van der Waals surface area contributed by atoms with E-state index < -0.39 is 17.5 Å². The van der Waals surface area contributed by atoms with Crippen LogP contribution in [0.5, 0.6) is 11.5 Å². The van der Waals surface area contributed by atoms with Crippen LogP contribution >= 0.6 is 0 Å². The van der Waals surface area contributed by atoms with Crippen molar-refractivity contribution in [2.75, 3.05) is 6.61 Å². The zero-order valence-electron chi connectivity index (χ0n) is 17.6. The van der Waals surface area contributed by atoms with Gasteiger partial charge in [0.15, 0.2) is 23.1 Å². The Kier molecular flexibility index (Phi) is 6.51. The lowest BCUT2D eigenvalue weighted by Gasteiger charge is -2.27. The van der Waals surface area contributed by atoms with Crippen LogP contribution in [0, 0.1) is 23.4 Å². The molecular weight excluding hydrogens is 401 g/mol. The van der Waals surface area contributed by atoms with Gasteiger partial charge in [-0.3, -0.25) is 0 Å². The average molecular weight is 428 g/mol. The van der Waals surface area contributed by atoms with Gasteiger partial charge >= 0.3 is 0 Å². The number of ether oxygens (including phenoxy) is 2. The van der Waals surface area contributed by atoms with Crippen molar-refractivity contribution in [3.63, 3.8) is 0 Å². The van der Waals surface area contributed by atoms with Gasteiger partial charge in [-0.25, -0.2) is 8.78 Å². The molecule has 0 radical (unpaired) electrons. The van der Waals surface area contributed by atoms with Gasteiger partial charge in [-0.1, -0.05) is 24.3 Å². The second kappa shape index (κ2) is 9.31. The number of halogens is 3. The van der Waals surface area contributed by atoms with Gasteiger partial charge in [0.25, 0.3) is 0 Å². The van der Waals surface area contributed by atoms with Crippen LogP contribution in [-0.4, -0.2) is 12.7 Å². The van der Waals surface area contributed by atoms with Crippen LogP contribution in [0.1, 0.15) is 47.9 Å². The summed E-state index contributed by atoms with van der Waals surface area (Å²) >= 11 is 0. The summed E-state index contributed by atoms with van der Waals surface area (Å²) in [6.07, 6.45) is 8.04. The van der Waals surface area contributed by atoms with Crippen LogP contribution in [0.2, 0.25) is 0 Å². The first-order valence-electron chi connectivity index (χ1n) is 10.8. The zero-order valence-corrected chi connectivity index (χ0v) is 17.6. The minimum Gasteiger partial charge on any atom is -0.450 e. The first-order valence-corrected chi connectivity index (χ1v) is 10.8. The highest BCUT2D eigenvalue weighted by atomic mass is 19.2. The van der Waals surface area contributed by atoms with Crippen LogP contribution in [0.4, 0.5) is 13.2 Å². The van der Waals surface area contributed by atoms with E-state index in [1.54, 1.807) is 30.4 Å². The van der Waals surface area contributed by atoms with Crippen LogP contribution in [-0.2, 0) is 24.0 Å². The molecule has 5 heteroatoms. The molecule has 0 saturated carbocycles. The van der Waals surface area contributed by atoms with Crippen molar-refractivity contribution in [3.8, 4) is 11.5 Å². The number of aryl methyl sites for hydroxylation is 2. The number of rotatable bonds is 7. The minimum atomic E-state index is -1.04. The van der Waals surface area contributed by atoms with Crippen molar-refractivity contribution >= 4 is 0 Å². The fraction of sp³-hybridized carbons (Fsp3) is 0.385. The summed E-state index contributed by atoms with van der Waals surface area (Å²) in [4.78, 5) is 0. The first-order chi connectivity index (χ1) is 15.0. The molecular formula is C26H27F3O2. The van der Waals surface area contributed by atoms with Crippen molar-refractivity contribution in [2.45, 2.75) is 51.0 Å². The monoisotopic (exact) mass is 428 g/mol. The maximum absolute atomic E-state index is 14.9. The Bertz CT molecular complexity index is 991. The molecule has 4 rings (SSSR count). The van der Waals surface area contributed by atoms with Gasteiger partial charge in [0.05, 0.1) is 12.7 Å². The standard InChI is InChI=1S/C26H27F3O2/c1-3-5-6-17-10-11-19-14-20-13-18(9-7-16-8-12-21(4-2)30-15-16)22(27)24(29)26(20)31-25(19)23(17)28/h3-4,10-11,13,16,21H,1-2,5-9,12,14-15H2. The third-order valence-electron chi connectivity index (χ3n) is 6.27. The predicted molar refractivity (Wildman–Crippen MR) is 115 cm³/mol. The molecule has 2 aromatic rings. The van der Waals surface area contributed by atoms with Crippen LogP contribution in [0.3, 0.4) is 0 Å². The highest BCUT2D eigenvalue weighted by Crippen LogP contribution is 2.42. The summed E-state index contributed by atoms with van der Waals surface area (Å²) in [5.74, 6) is -2.36. The topological polar surface area (TPSA) is 18.5 Å². The Morgan fingerprint density at radius 1 is 0.935 bits per heavy atom. The van der Waals surface area contributed by atoms with Gasteiger partial charge in [-0.2, -0.15) is 4.39 Å². The van der Waals surface area contributed by atoms with E-state index in [4.69, 9.17) is 9.47 Å². The molecule has 0 aromatic heterocycles. The first kappa shape index (κ1) is 21.7. The smallest absolute Gasteiger partial charge is 0.201 e. The number of hydrogen-bond acceptors (Lipinski definition) is 2. The Labute approximate surface area is 181 Å². The highest BCUT2D eigenvalue weighted by Gasteiger charge is 2.28. The van der Waals surface area contributed by atoms with Gasteiger partial charge < -0.3 is 9.47 Å². The molecule has 2 nitrogen and oxygen atoms in total. The van der Waals surface area contributed by atoms with E-state index in [1.165, 1.54) is 0 Å². The van der Waals surface area contributed by atoms with Crippen molar-refractivity contribution in [1.82, 2.24) is 0 Å². The molecule has 2 aromatic carbocycles. The fourth-order valence-electron chi connectivity index (χ4n) is 4.39. The average Bonchev–Trinajstić information content (AvgIpc) is 2.79. The molecule has 0 bridgehead atoms. The maximum Gasteiger partial charge on any atom is 0.201 e. The third-order valence-corrected chi connectivity index (χ3v) is 6.27. The van der Waals surface area contributed by atoms with E-state index in [0.717, 1.165) is 19.3 Å². The van der Waals surface area contributed by atoms with Crippen LogP contribution in [0.25, 0.3) is 0 Å². The molecule has 31 heavy (non-hydrogen) atoms. The second-order valence-electron chi connectivity index (χ2n) is 8.37. The summed E-state index contributed by atoms with van der Waals surface area (Å²) in [7, 11) is 0. The number of hydrogen-bond donors (Lipinski definition) is 0. The van der Waals surface area contributed by atoms with Gasteiger partial charge in [-0.05, 0) is 61.6 Å². The quantitative estimate of drug-likeness (QED) is 0.384. The lowest BCUT2D eigenvalue weighted by molar-refractivity contribution is 0.00879. The third kappa shape index (κ3) is 4.42. The van der Waals surface area contributed by atoms with E-state index in [2.05, 4.69) is 13.2 Å². The minimum absolute atomic E-state index is 0.00348. The number of fused-ring (bicyclic) bond motifs is 2. The lowest BCUT2D eigenvalue weighted by atomic mass is 9.90. The van der Waals surface area contributed by atoms with Crippen molar-refractivity contribution < 1.29 is 22.6 Å². The maximum atomic E-state index is 14.9. The van der Waals surface area contributed by atoms with Gasteiger partial charge in [0, 0.05) is 17.5 Å². The van der Waals surface area contributed by atoms with E-state index in [9.17, 15) is 13.2 Å². The van der Waals surface area contributed by atoms with Crippen molar-refractivity contribution in [1.29, 1.82) is 0 Å². The lowest BCUT2D eigenvalue weighted by Crippen LogP contribution is -2.24. The Morgan fingerprint density at radius 3 is 2.45 bits per heavy atom. The largest absolute Gasteiger partial charge is 0.450 e. The Hall–Kier alpha value is -2.53. The number of benzene rings is 2. The molecule has 2 aliphatic heterocycles. The summed E-state index contributed by atoms with van der Waals surface area (Å²) in [5.41, 5.74) is 2.00. The molecule has 164 valence electrons. The van der Waals surface area contributed by atoms with Gasteiger partial charge in [0.2, 0.25) is 5.82 Å². The Balaban J connectivity index is 1.52. The Morgan fingerprint density at radius 2 is 1.74 bits per heavy atom. The highest BCUT2D eigenvalue weighted by molar-refractivity contribution is 5.53. The fourth-order valence-corrected chi connectivity index (χ4v) is 4.39. The van der Waals surface area contributed by atoms with E-state index >= 15 is 0 Å². The molecule has 2 atom stereocenters. The van der Waals surface area contributed by atoms with Crippen molar-refractivity contribution in [2.24, 2.45) is 5.92 Å². The number of allylic oxidation sites excluding steroid dienone is 1. The van der Waals surface area contributed by atoms with Crippen LogP contribution < -0.4 is 4.74 Å². The molecule has 0 spiro atoms. The summed E-state index contributed by atoms with van der Waals surface area (Å²) in [6.45, 7) is 8.00. The second-order valence-corrected chi connectivity index (χ2v) is 8.37. The van der Waals surface area contributed by atoms with E-state index in [1.807, 2.05) is 0 Å². The van der Waals surface area contributed by atoms with E-state index in [0.29, 0.717) is 60.5 Å². The summed E-state index contributed by atoms with van der Waals surface area (Å²) in [5, 5.41) is 0. The molecule has 0 amide bonds. The molecule has 0 N–H and O–H groups in total. The predicted octanol–water partition coefficient (Wildman–Crippen LogP) is 6.83. The van der Waals surface area contributed by atoms with E-state index in [-0.39, 0.29) is 17.6 Å². The molecule has 2 heterocycles. The van der Waals surface area contributed by atoms with Gasteiger partial charge in [0.1, 0.15) is 0 Å². The molecule has 2 aliphatic rings. The molecule has 2 unspecified atom stereocenters. The normalized spacial score (nSPS) is 19.8. The summed E-state index contributed by atoms with van der Waals surface area (Å²) < 4.78 is 55.8. The molecule has 0 aliphatic carbocycles. The SMILES string of the molecule is C=CCCc1ccc2c(c1F)Oc1c(cc(CCC3CCC(C=C)OC3)c(F)c1F)C2.